The largest absolute Gasteiger partial charge is 0.370 e. The number of piperazine rings is 1. The lowest BCUT2D eigenvalue weighted by Crippen LogP contribution is -2.55. The highest BCUT2D eigenvalue weighted by atomic mass is 16.2. The average molecular weight is 426 g/mol. The van der Waals surface area contributed by atoms with Crippen molar-refractivity contribution in [1.82, 2.24) is 19.7 Å². The first-order valence-corrected chi connectivity index (χ1v) is 12.7. The molecule has 0 aromatic carbocycles. The number of pyridine rings is 1. The molecular formula is C25H39N5O. The summed E-state index contributed by atoms with van der Waals surface area (Å²) in [6, 6.07) is 5.15. The molecule has 4 aliphatic rings. The van der Waals surface area contributed by atoms with Crippen molar-refractivity contribution in [2.24, 2.45) is 5.92 Å². The van der Waals surface area contributed by atoms with Crippen LogP contribution in [0.25, 0.3) is 0 Å². The van der Waals surface area contributed by atoms with Crippen LogP contribution in [0.1, 0.15) is 62.6 Å². The molecule has 1 amide bonds. The fourth-order valence-corrected chi connectivity index (χ4v) is 5.73. The second-order valence-corrected chi connectivity index (χ2v) is 10.1. The molecule has 6 nitrogen and oxygen atoms in total. The molecule has 0 spiro atoms. The molecule has 3 heterocycles. The molecule has 2 aliphatic carbocycles. The van der Waals surface area contributed by atoms with E-state index in [1.54, 1.807) is 0 Å². The molecule has 2 aliphatic heterocycles. The number of nitrogens with one attached hydrogen (secondary N) is 1. The van der Waals surface area contributed by atoms with Gasteiger partial charge in [0, 0.05) is 64.0 Å². The number of hydrogen-bond acceptors (Lipinski definition) is 5. The molecule has 3 fully saturated rings. The Labute approximate surface area is 187 Å². The summed E-state index contributed by atoms with van der Waals surface area (Å²) in [6.07, 6.45) is 11.9. The fraction of sp³-hybridized carbons (Fsp3) is 0.760. The van der Waals surface area contributed by atoms with Crippen LogP contribution in [0.2, 0.25) is 0 Å². The highest BCUT2D eigenvalue weighted by Gasteiger charge is 2.30. The minimum atomic E-state index is 0.301. The summed E-state index contributed by atoms with van der Waals surface area (Å²) in [5, 5.41) is 3.58. The van der Waals surface area contributed by atoms with Crippen LogP contribution in [0.4, 0.5) is 5.82 Å². The Morgan fingerprint density at radius 3 is 2.52 bits per heavy atom. The van der Waals surface area contributed by atoms with Gasteiger partial charge in [-0.1, -0.05) is 31.7 Å². The van der Waals surface area contributed by atoms with E-state index in [0.29, 0.717) is 12.5 Å². The Hall–Kier alpha value is -1.66. The Balaban J connectivity index is 1.08. The van der Waals surface area contributed by atoms with Gasteiger partial charge in [0.15, 0.2) is 0 Å². The molecule has 0 atom stereocenters. The van der Waals surface area contributed by atoms with E-state index in [1.807, 2.05) is 0 Å². The number of aromatic nitrogens is 1. The van der Waals surface area contributed by atoms with Crippen LogP contribution in [-0.2, 0) is 17.8 Å². The van der Waals surface area contributed by atoms with Crippen LogP contribution in [0.15, 0.2) is 12.1 Å². The van der Waals surface area contributed by atoms with Crippen molar-refractivity contribution in [1.29, 1.82) is 0 Å². The number of anilines is 1. The molecular weight excluding hydrogens is 386 g/mol. The predicted octanol–water partition coefficient (Wildman–Crippen LogP) is 3.13. The highest BCUT2D eigenvalue weighted by molar-refractivity contribution is 5.78. The van der Waals surface area contributed by atoms with Crippen molar-refractivity contribution in [2.75, 3.05) is 51.1 Å². The minimum absolute atomic E-state index is 0.301. The minimum Gasteiger partial charge on any atom is -0.370 e. The van der Waals surface area contributed by atoms with Gasteiger partial charge in [-0.15, -0.1) is 0 Å². The number of nitrogens with zero attached hydrogens (tertiary/aromatic N) is 4. The van der Waals surface area contributed by atoms with E-state index in [2.05, 4.69) is 32.1 Å². The maximum Gasteiger partial charge on any atom is 0.236 e. The maximum absolute atomic E-state index is 12.9. The van der Waals surface area contributed by atoms with Gasteiger partial charge in [-0.3, -0.25) is 14.6 Å². The normalized spacial score (nSPS) is 23.9. The fourth-order valence-electron chi connectivity index (χ4n) is 5.73. The maximum atomic E-state index is 12.9. The van der Waals surface area contributed by atoms with Crippen molar-refractivity contribution >= 4 is 11.7 Å². The van der Waals surface area contributed by atoms with E-state index in [1.165, 1.54) is 62.6 Å². The first kappa shape index (κ1) is 21.2. The molecule has 170 valence electrons. The van der Waals surface area contributed by atoms with Crippen molar-refractivity contribution in [2.45, 2.75) is 70.4 Å². The third-order valence-corrected chi connectivity index (χ3v) is 8.04. The zero-order valence-electron chi connectivity index (χ0n) is 19.0. The summed E-state index contributed by atoms with van der Waals surface area (Å²) >= 11 is 0. The molecule has 0 bridgehead atoms. The SMILES string of the molecule is O=C(CN1CCc2nc(NCC3CCCCC3)ccc2C1)N1CCN(C2CCC2)CC1. The Bertz CT molecular complexity index is 750. The molecule has 1 saturated heterocycles. The lowest BCUT2D eigenvalue weighted by atomic mass is 9.89. The van der Waals surface area contributed by atoms with Crippen LogP contribution in [-0.4, -0.2) is 77.4 Å². The highest BCUT2D eigenvalue weighted by Crippen LogP contribution is 2.26. The van der Waals surface area contributed by atoms with E-state index < -0.39 is 0 Å². The van der Waals surface area contributed by atoms with Crippen LogP contribution >= 0.6 is 0 Å². The lowest BCUT2D eigenvalue weighted by Gasteiger charge is -2.43. The first-order valence-electron chi connectivity index (χ1n) is 12.7. The summed E-state index contributed by atoms with van der Waals surface area (Å²) in [5.41, 5.74) is 2.50. The van der Waals surface area contributed by atoms with Crippen LogP contribution in [0.3, 0.4) is 0 Å². The standard InChI is InChI=1S/C25H39N5O/c31-25(30-15-13-29(14-16-30)22-7-4-8-22)19-28-12-11-23-21(18-28)9-10-24(27-23)26-17-20-5-2-1-3-6-20/h9-10,20,22H,1-8,11-19H2,(H,26,27). The van der Waals surface area contributed by atoms with Crippen LogP contribution in [0.5, 0.6) is 0 Å². The number of carbonyl (C=O) groups excluding carboxylic acids is 1. The third kappa shape index (κ3) is 5.23. The van der Waals surface area contributed by atoms with Gasteiger partial charge >= 0.3 is 0 Å². The number of carbonyl (C=O) groups is 1. The number of amides is 1. The Morgan fingerprint density at radius 1 is 0.968 bits per heavy atom. The molecule has 1 aromatic rings. The quantitative estimate of drug-likeness (QED) is 0.759. The van der Waals surface area contributed by atoms with Crippen LogP contribution < -0.4 is 5.32 Å². The molecule has 6 heteroatoms. The molecule has 1 N–H and O–H groups in total. The van der Waals surface area contributed by atoms with Gasteiger partial charge in [-0.2, -0.15) is 0 Å². The van der Waals surface area contributed by atoms with Gasteiger partial charge in [-0.25, -0.2) is 4.98 Å². The lowest BCUT2D eigenvalue weighted by molar-refractivity contribution is -0.135. The topological polar surface area (TPSA) is 51.7 Å². The van der Waals surface area contributed by atoms with Crippen molar-refractivity contribution in [3.05, 3.63) is 23.4 Å². The summed E-state index contributed by atoms with van der Waals surface area (Å²) in [6.45, 7) is 7.29. The monoisotopic (exact) mass is 425 g/mol. The van der Waals surface area contributed by atoms with E-state index >= 15 is 0 Å². The smallest absolute Gasteiger partial charge is 0.236 e. The molecule has 1 aromatic heterocycles. The van der Waals surface area contributed by atoms with Crippen LogP contribution in [0, 0.1) is 5.92 Å². The second kappa shape index (κ2) is 9.86. The number of rotatable bonds is 6. The van der Waals surface area contributed by atoms with E-state index in [4.69, 9.17) is 4.98 Å². The van der Waals surface area contributed by atoms with Gasteiger partial charge in [-0.05, 0) is 43.2 Å². The van der Waals surface area contributed by atoms with Crippen molar-refractivity contribution in [3.63, 3.8) is 0 Å². The Kier molecular flexibility index (Phi) is 6.75. The summed E-state index contributed by atoms with van der Waals surface area (Å²) in [7, 11) is 0. The first-order chi connectivity index (χ1) is 15.2. The zero-order valence-corrected chi connectivity index (χ0v) is 19.0. The average Bonchev–Trinajstić information content (AvgIpc) is 2.77. The summed E-state index contributed by atoms with van der Waals surface area (Å²) in [4.78, 5) is 24.8. The number of hydrogen-bond donors (Lipinski definition) is 1. The van der Waals surface area contributed by atoms with Crippen molar-refractivity contribution in [3.8, 4) is 0 Å². The number of fused-ring (bicyclic) bond motifs is 1. The van der Waals surface area contributed by atoms with Gasteiger partial charge in [0.2, 0.25) is 5.91 Å². The van der Waals surface area contributed by atoms with E-state index in [0.717, 1.165) is 70.0 Å². The van der Waals surface area contributed by atoms with Gasteiger partial charge in [0.25, 0.3) is 0 Å². The molecule has 5 rings (SSSR count). The molecule has 0 unspecified atom stereocenters. The molecule has 0 radical (unpaired) electrons. The summed E-state index contributed by atoms with van der Waals surface area (Å²) < 4.78 is 0. The van der Waals surface area contributed by atoms with Gasteiger partial charge in [0.05, 0.1) is 6.54 Å². The second-order valence-electron chi connectivity index (χ2n) is 10.1. The summed E-state index contributed by atoms with van der Waals surface area (Å²) in [5.74, 6) is 2.14. The zero-order chi connectivity index (χ0) is 21.0. The van der Waals surface area contributed by atoms with E-state index in [-0.39, 0.29) is 0 Å². The predicted molar refractivity (Wildman–Crippen MR) is 124 cm³/mol. The van der Waals surface area contributed by atoms with Gasteiger partial charge < -0.3 is 10.2 Å². The molecule has 31 heavy (non-hydrogen) atoms. The molecule has 2 saturated carbocycles. The Morgan fingerprint density at radius 2 is 1.77 bits per heavy atom. The van der Waals surface area contributed by atoms with Gasteiger partial charge in [0.1, 0.15) is 5.82 Å². The van der Waals surface area contributed by atoms with Crippen molar-refractivity contribution < 1.29 is 4.79 Å². The third-order valence-electron chi connectivity index (χ3n) is 8.04. The van der Waals surface area contributed by atoms with E-state index in [9.17, 15) is 4.79 Å².